The van der Waals surface area contributed by atoms with Gasteiger partial charge in [-0.25, -0.2) is 13.1 Å². The molecule has 2 rings (SSSR count). The standard InChI is InChI=1S/C13H18N2O4S/c1-19-13(16)10-4-6-11(7-5-10)15-20(17,18)12-3-2-8-14-9-12/h2-3,8-11,15H,4-7H2,1H3. The molecule has 0 atom stereocenters. The summed E-state index contributed by atoms with van der Waals surface area (Å²) in [6.45, 7) is 0. The maximum atomic E-state index is 12.1. The van der Waals surface area contributed by atoms with E-state index in [0.717, 1.165) is 0 Å². The van der Waals surface area contributed by atoms with Crippen LogP contribution in [0.25, 0.3) is 0 Å². The Balaban J connectivity index is 1.94. The Morgan fingerprint density at radius 2 is 2.05 bits per heavy atom. The van der Waals surface area contributed by atoms with E-state index in [1.54, 1.807) is 6.07 Å². The Bertz CT molecular complexity index is 551. The minimum atomic E-state index is -3.53. The molecule has 1 fully saturated rings. The van der Waals surface area contributed by atoms with Crippen molar-refractivity contribution in [1.82, 2.24) is 9.71 Å². The molecular weight excluding hydrogens is 280 g/mol. The average Bonchev–Trinajstić information content (AvgIpc) is 2.48. The van der Waals surface area contributed by atoms with Crippen LogP contribution in [0.5, 0.6) is 0 Å². The molecule has 1 N–H and O–H groups in total. The Morgan fingerprint density at radius 3 is 2.60 bits per heavy atom. The topological polar surface area (TPSA) is 85.4 Å². The van der Waals surface area contributed by atoms with Crippen LogP contribution in [0.3, 0.4) is 0 Å². The second-order valence-corrected chi connectivity index (χ2v) is 6.60. The van der Waals surface area contributed by atoms with Crippen LogP contribution in [0.15, 0.2) is 29.4 Å². The van der Waals surface area contributed by atoms with Crippen LogP contribution in [0.1, 0.15) is 25.7 Å². The molecule has 1 aromatic rings. The van der Waals surface area contributed by atoms with E-state index in [2.05, 4.69) is 9.71 Å². The smallest absolute Gasteiger partial charge is 0.308 e. The molecule has 1 saturated carbocycles. The molecule has 1 aliphatic rings. The summed E-state index contributed by atoms with van der Waals surface area (Å²) >= 11 is 0. The van der Waals surface area contributed by atoms with Crippen molar-refractivity contribution in [3.63, 3.8) is 0 Å². The highest BCUT2D eigenvalue weighted by molar-refractivity contribution is 7.89. The van der Waals surface area contributed by atoms with Crippen molar-refractivity contribution in [2.24, 2.45) is 5.92 Å². The summed E-state index contributed by atoms with van der Waals surface area (Å²) in [4.78, 5) is 15.4. The molecule has 0 amide bonds. The van der Waals surface area contributed by atoms with Crippen molar-refractivity contribution in [2.75, 3.05) is 7.11 Å². The zero-order chi connectivity index (χ0) is 14.6. The normalized spacial score (nSPS) is 23.2. The fraction of sp³-hybridized carbons (Fsp3) is 0.538. The van der Waals surface area contributed by atoms with Gasteiger partial charge in [0.2, 0.25) is 10.0 Å². The number of esters is 1. The summed E-state index contributed by atoms with van der Waals surface area (Å²) in [5.41, 5.74) is 0. The van der Waals surface area contributed by atoms with E-state index < -0.39 is 10.0 Å². The molecule has 7 heteroatoms. The largest absolute Gasteiger partial charge is 0.469 e. The molecule has 0 bridgehead atoms. The van der Waals surface area contributed by atoms with Crippen LogP contribution in [-0.4, -0.2) is 32.5 Å². The molecule has 0 saturated heterocycles. The summed E-state index contributed by atoms with van der Waals surface area (Å²) in [5, 5.41) is 0. The van der Waals surface area contributed by atoms with Crippen LogP contribution in [0, 0.1) is 5.92 Å². The molecule has 0 spiro atoms. The number of rotatable bonds is 4. The second kappa shape index (κ2) is 6.32. The van der Waals surface area contributed by atoms with Crippen molar-refractivity contribution < 1.29 is 17.9 Å². The fourth-order valence-electron chi connectivity index (χ4n) is 2.41. The molecular formula is C13H18N2O4S. The van der Waals surface area contributed by atoms with Gasteiger partial charge in [0.05, 0.1) is 13.0 Å². The van der Waals surface area contributed by atoms with Crippen molar-refractivity contribution in [3.8, 4) is 0 Å². The summed E-state index contributed by atoms with van der Waals surface area (Å²) in [5.74, 6) is -0.322. The quantitative estimate of drug-likeness (QED) is 0.841. The van der Waals surface area contributed by atoms with Gasteiger partial charge < -0.3 is 4.74 Å². The van der Waals surface area contributed by atoms with Crippen LogP contribution < -0.4 is 4.72 Å². The SMILES string of the molecule is COC(=O)C1CCC(NS(=O)(=O)c2cccnc2)CC1. The predicted molar refractivity (Wildman–Crippen MR) is 72.3 cm³/mol. The number of pyridine rings is 1. The lowest BCUT2D eigenvalue weighted by atomic mass is 9.86. The Labute approximate surface area is 118 Å². The Hall–Kier alpha value is -1.47. The summed E-state index contributed by atoms with van der Waals surface area (Å²) < 4.78 is 31.6. The highest BCUT2D eigenvalue weighted by atomic mass is 32.2. The average molecular weight is 298 g/mol. The third-order valence-electron chi connectivity index (χ3n) is 3.53. The van der Waals surface area contributed by atoms with Crippen LogP contribution in [0.4, 0.5) is 0 Å². The first-order chi connectivity index (χ1) is 9.53. The van der Waals surface area contributed by atoms with Gasteiger partial charge in [-0.05, 0) is 37.8 Å². The molecule has 110 valence electrons. The molecule has 1 aliphatic carbocycles. The maximum absolute atomic E-state index is 12.1. The molecule has 0 aromatic carbocycles. The van der Waals surface area contributed by atoms with Crippen LogP contribution >= 0.6 is 0 Å². The molecule has 0 unspecified atom stereocenters. The fourth-order valence-corrected chi connectivity index (χ4v) is 3.68. The van der Waals surface area contributed by atoms with E-state index in [1.165, 1.54) is 25.6 Å². The van der Waals surface area contributed by atoms with Gasteiger partial charge in [0.25, 0.3) is 0 Å². The zero-order valence-electron chi connectivity index (χ0n) is 11.3. The molecule has 0 radical (unpaired) electrons. The molecule has 1 aromatic heterocycles. The number of methoxy groups -OCH3 is 1. The lowest BCUT2D eigenvalue weighted by molar-refractivity contribution is -0.146. The van der Waals surface area contributed by atoms with Crippen molar-refractivity contribution >= 4 is 16.0 Å². The second-order valence-electron chi connectivity index (χ2n) is 4.88. The van der Waals surface area contributed by atoms with Gasteiger partial charge in [0.15, 0.2) is 0 Å². The number of sulfonamides is 1. The van der Waals surface area contributed by atoms with E-state index in [-0.39, 0.29) is 22.8 Å². The van der Waals surface area contributed by atoms with Gasteiger partial charge in [-0.15, -0.1) is 0 Å². The number of ether oxygens (including phenoxy) is 1. The van der Waals surface area contributed by atoms with E-state index in [4.69, 9.17) is 4.74 Å². The van der Waals surface area contributed by atoms with Gasteiger partial charge in [0.1, 0.15) is 4.90 Å². The summed E-state index contributed by atoms with van der Waals surface area (Å²) in [6, 6.07) is 2.96. The van der Waals surface area contributed by atoms with Crippen molar-refractivity contribution in [1.29, 1.82) is 0 Å². The van der Waals surface area contributed by atoms with Crippen LogP contribution in [-0.2, 0) is 19.6 Å². The lowest BCUT2D eigenvalue weighted by Crippen LogP contribution is -2.38. The van der Waals surface area contributed by atoms with Gasteiger partial charge in [-0.2, -0.15) is 0 Å². The summed E-state index contributed by atoms with van der Waals surface area (Å²) in [7, 11) is -2.16. The number of nitrogens with one attached hydrogen (secondary N) is 1. The number of nitrogens with zero attached hydrogens (tertiary/aromatic N) is 1. The minimum absolute atomic E-state index is 0.112. The van der Waals surface area contributed by atoms with Crippen molar-refractivity contribution in [2.45, 2.75) is 36.6 Å². The van der Waals surface area contributed by atoms with E-state index in [1.807, 2.05) is 0 Å². The third kappa shape index (κ3) is 3.55. The molecule has 1 heterocycles. The zero-order valence-corrected chi connectivity index (χ0v) is 12.1. The molecule has 20 heavy (non-hydrogen) atoms. The third-order valence-corrected chi connectivity index (χ3v) is 5.03. The molecule has 0 aliphatic heterocycles. The number of hydrogen-bond donors (Lipinski definition) is 1. The minimum Gasteiger partial charge on any atom is -0.469 e. The van der Waals surface area contributed by atoms with E-state index in [0.29, 0.717) is 25.7 Å². The van der Waals surface area contributed by atoms with Gasteiger partial charge in [0, 0.05) is 18.4 Å². The first-order valence-electron chi connectivity index (χ1n) is 6.53. The predicted octanol–water partition coefficient (Wildman–Crippen LogP) is 1.09. The van der Waals surface area contributed by atoms with E-state index >= 15 is 0 Å². The highest BCUT2D eigenvalue weighted by Crippen LogP contribution is 2.26. The maximum Gasteiger partial charge on any atom is 0.308 e. The van der Waals surface area contributed by atoms with Crippen molar-refractivity contribution in [3.05, 3.63) is 24.5 Å². The summed E-state index contributed by atoms with van der Waals surface area (Å²) in [6.07, 6.45) is 5.42. The van der Waals surface area contributed by atoms with Crippen LogP contribution in [0.2, 0.25) is 0 Å². The van der Waals surface area contributed by atoms with Gasteiger partial charge in [-0.3, -0.25) is 9.78 Å². The highest BCUT2D eigenvalue weighted by Gasteiger charge is 2.29. The first-order valence-corrected chi connectivity index (χ1v) is 8.01. The number of carbonyl (C=O) groups excluding carboxylic acids is 1. The monoisotopic (exact) mass is 298 g/mol. The van der Waals surface area contributed by atoms with E-state index in [9.17, 15) is 13.2 Å². The Morgan fingerprint density at radius 1 is 1.35 bits per heavy atom. The number of aromatic nitrogens is 1. The lowest BCUT2D eigenvalue weighted by Gasteiger charge is -2.27. The van der Waals surface area contributed by atoms with Gasteiger partial charge in [-0.1, -0.05) is 0 Å². The Kier molecular flexibility index (Phi) is 4.72. The molecule has 6 nitrogen and oxygen atoms in total. The number of carbonyl (C=O) groups is 1. The van der Waals surface area contributed by atoms with Gasteiger partial charge >= 0.3 is 5.97 Å². The first kappa shape index (κ1) is 14.9. The number of hydrogen-bond acceptors (Lipinski definition) is 5.